The van der Waals surface area contributed by atoms with Crippen LogP contribution in [-0.4, -0.2) is 10.9 Å². The van der Waals surface area contributed by atoms with Crippen LogP contribution in [0.3, 0.4) is 0 Å². The number of nitrogen functional groups attached to an aromatic ring is 1. The van der Waals surface area contributed by atoms with Gasteiger partial charge in [-0.2, -0.15) is 0 Å². The summed E-state index contributed by atoms with van der Waals surface area (Å²) < 4.78 is 13.0. The lowest BCUT2D eigenvalue weighted by Crippen LogP contribution is -2.13. The lowest BCUT2D eigenvalue weighted by Gasteiger charge is -2.07. The van der Waals surface area contributed by atoms with E-state index in [0.717, 1.165) is 6.07 Å². The second-order valence-corrected chi connectivity index (χ2v) is 3.89. The van der Waals surface area contributed by atoms with E-state index in [1.165, 1.54) is 18.3 Å². The van der Waals surface area contributed by atoms with Gasteiger partial charge in [0.2, 0.25) is 0 Å². The van der Waals surface area contributed by atoms with Gasteiger partial charge in [-0.05, 0) is 30.3 Å². The Morgan fingerprint density at radius 1 is 1.39 bits per heavy atom. The molecule has 2 rings (SSSR count). The number of nitrogens with two attached hydrogens (primary N) is 1. The molecule has 1 amide bonds. The van der Waals surface area contributed by atoms with Crippen molar-refractivity contribution in [3.63, 3.8) is 0 Å². The molecule has 0 aliphatic rings. The van der Waals surface area contributed by atoms with Crippen molar-refractivity contribution in [2.45, 2.75) is 0 Å². The second-order valence-electron chi connectivity index (χ2n) is 3.53. The smallest absolute Gasteiger partial charge is 0.255 e. The van der Waals surface area contributed by atoms with Crippen molar-refractivity contribution >= 4 is 28.9 Å². The highest BCUT2D eigenvalue weighted by atomic mass is 35.5. The molecule has 0 atom stereocenters. The summed E-state index contributed by atoms with van der Waals surface area (Å²) >= 11 is 5.80. The monoisotopic (exact) mass is 265 g/mol. The van der Waals surface area contributed by atoms with Gasteiger partial charge in [-0.1, -0.05) is 11.6 Å². The number of hydrogen-bond donors (Lipinski definition) is 2. The first-order valence-electron chi connectivity index (χ1n) is 5.05. The van der Waals surface area contributed by atoms with Gasteiger partial charge in [0.05, 0.1) is 11.4 Å². The number of hydrogen-bond acceptors (Lipinski definition) is 3. The Morgan fingerprint density at radius 3 is 2.83 bits per heavy atom. The van der Waals surface area contributed by atoms with Crippen molar-refractivity contribution in [2.24, 2.45) is 0 Å². The van der Waals surface area contributed by atoms with E-state index in [2.05, 4.69) is 10.3 Å². The van der Waals surface area contributed by atoms with E-state index < -0.39 is 11.7 Å². The fraction of sp³-hybridized carbons (Fsp3) is 0. The highest BCUT2D eigenvalue weighted by Crippen LogP contribution is 2.19. The van der Waals surface area contributed by atoms with Crippen LogP contribution in [0.1, 0.15) is 10.4 Å². The number of benzene rings is 1. The molecule has 0 saturated carbocycles. The number of carbonyl (C=O) groups is 1. The van der Waals surface area contributed by atoms with Crippen LogP contribution in [-0.2, 0) is 0 Å². The normalized spacial score (nSPS) is 10.1. The Labute approximate surface area is 108 Å². The summed E-state index contributed by atoms with van der Waals surface area (Å²) in [6.45, 7) is 0. The SMILES string of the molecule is Nc1cc(C(=O)Nc2cccnc2Cl)ccc1F. The van der Waals surface area contributed by atoms with E-state index in [9.17, 15) is 9.18 Å². The topological polar surface area (TPSA) is 68.0 Å². The summed E-state index contributed by atoms with van der Waals surface area (Å²) in [4.78, 5) is 15.7. The first-order chi connectivity index (χ1) is 8.58. The molecule has 0 aliphatic heterocycles. The van der Waals surface area contributed by atoms with Crippen molar-refractivity contribution in [1.82, 2.24) is 4.98 Å². The summed E-state index contributed by atoms with van der Waals surface area (Å²) in [6.07, 6.45) is 1.51. The Kier molecular flexibility index (Phi) is 3.43. The molecule has 0 fully saturated rings. The maximum absolute atomic E-state index is 13.0. The number of halogens is 2. The third kappa shape index (κ3) is 2.57. The minimum atomic E-state index is -0.564. The molecule has 3 N–H and O–H groups in total. The van der Waals surface area contributed by atoms with Gasteiger partial charge >= 0.3 is 0 Å². The van der Waals surface area contributed by atoms with Gasteiger partial charge in [-0.25, -0.2) is 9.37 Å². The second kappa shape index (κ2) is 5.01. The molecule has 0 bridgehead atoms. The fourth-order valence-electron chi connectivity index (χ4n) is 1.36. The first kappa shape index (κ1) is 12.3. The van der Waals surface area contributed by atoms with Gasteiger partial charge < -0.3 is 11.1 Å². The Balaban J connectivity index is 2.22. The van der Waals surface area contributed by atoms with Crippen molar-refractivity contribution < 1.29 is 9.18 Å². The number of amides is 1. The Bertz CT molecular complexity index is 604. The van der Waals surface area contributed by atoms with E-state index in [1.54, 1.807) is 12.1 Å². The predicted octanol–water partition coefficient (Wildman–Crippen LogP) is 2.71. The van der Waals surface area contributed by atoms with Gasteiger partial charge in [0.25, 0.3) is 5.91 Å². The summed E-state index contributed by atoms with van der Waals surface area (Å²) in [5, 5.41) is 2.74. The van der Waals surface area contributed by atoms with Gasteiger partial charge in [-0.15, -0.1) is 0 Å². The predicted molar refractivity (Wildman–Crippen MR) is 68.0 cm³/mol. The largest absolute Gasteiger partial charge is 0.396 e. The van der Waals surface area contributed by atoms with Crippen molar-refractivity contribution in [1.29, 1.82) is 0 Å². The molecule has 1 aromatic carbocycles. The number of anilines is 2. The van der Waals surface area contributed by atoms with E-state index in [1.807, 2.05) is 0 Å². The summed E-state index contributed by atoms with van der Waals surface area (Å²) in [5.41, 5.74) is 5.93. The van der Waals surface area contributed by atoms with Gasteiger partial charge in [0.1, 0.15) is 5.82 Å². The Morgan fingerprint density at radius 2 is 2.17 bits per heavy atom. The third-order valence-electron chi connectivity index (χ3n) is 2.27. The van der Waals surface area contributed by atoms with E-state index in [4.69, 9.17) is 17.3 Å². The van der Waals surface area contributed by atoms with Gasteiger partial charge in [-0.3, -0.25) is 4.79 Å². The number of aromatic nitrogens is 1. The molecule has 1 heterocycles. The lowest BCUT2D eigenvalue weighted by atomic mass is 10.2. The molecular formula is C12H9ClFN3O. The number of rotatable bonds is 2. The minimum Gasteiger partial charge on any atom is -0.396 e. The average molecular weight is 266 g/mol. The molecule has 1 aromatic heterocycles. The first-order valence-corrected chi connectivity index (χ1v) is 5.42. The van der Waals surface area contributed by atoms with Crippen LogP contribution in [0.25, 0.3) is 0 Å². The molecule has 0 saturated heterocycles. The molecule has 18 heavy (non-hydrogen) atoms. The number of nitrogens with zero attached hydrogens (tertiary/aromatic N) is 1. The zero-order valence-electron chi connectivity index (χ0n) is 9.15. The molecule has 92 valence electrons. The highest BCUT2D eigenvalue weighted by molar-refractivity contribution is 6.32. The molecule has 0 aliphatic carbocycles. The standard InChI is InChI=1S/C12H9ClFN3O/c13-11-10(2-1-5-16-11)17-12(18)7-3-4-8(14)9(15)6-7/h1-6H,15H2,(H,17,18). The molecular weight excluding hydrogens is 257 g/mol. The third-order valence-corrected chi connectivity index (χ3v) is 2.57. The quantitative estimate of drug-likeness (QED) is 0.648. The molecule has 0 spiro atoms. The number of pyridine rings is 1. The van der Waals surface area contributed by atoms with Crippen LogP contribution in [0.4, 0.5) is 15.8 Å². The van der Waals surface area contributed by atoms with Crippen LogP contribution in [0.15, 0.2) is 36.5 Å². The van der Waals surface area contributed by atoms with Crippen molar-refractivity contribution in [3.05, 3.63) is 53.1 Å². The van der Waals surface area contributed by atoms with Gasteiger partial charge in [0, 0.05) is 11.8 Å². The summed E-state index contributed by atoms with van der Waals surface area (Å²) in [6, 6.07) is 6.98. The van der Waals surface area contributed by atoms with Crippen LogP contribution < -0.4 is 11.1 Å². The zero-order valence-corrected chi connectivity index (χ0v) is 9.91. The molecule has 6 heteroatoms. The van der Waals surface area contributed by atoms with Crippen LogP contribution in [0, 0.1) is 5.82 Å². The Hall–Kier alpha value is -2.14. The van der Waals surface area contributed by atoms with Gasteiger partial charge in [0.15, 0.2) is 5.15 Å². The van der Waals surface area contributed by atoms with E-state index >= 15 is 0 Å². The highest BCUT2D eigenvalue weighted by Gasteiger charge is 2.10. The number of nitrogens with one attached hydrogen (secondary N) is 1. The zero-order chi connectivity index (χ0) is 13.1. The minimum absolute atomic E-state index is 0.0834. The molecule has 4 nitrogen and oxygen atoms in total. The molecule has 0 unspecified atom stereocenters. The van der Waals surface area contributed by atoms with Crippen LogP contribution in [0.5, 0.6) is 0 Å². The average Bonchev–Trinajstić information content (AvgIpc) is 2.35. The number of carbonyl (C=O) groups excluding carboxylic acids is 1. The molecule has 0 radical (unpaired) electrons. The van der Waals surface area contributed by atoms with Crippen molar-refractivity contribution in [2.75, 3.05) is 11.1 Å². The van der Waals surface area contributed by atoms with E-state index in [-0.39, 0.29) is 16.4 Å². The maximum Gasteiger partial charge on any atom is 0.255 e. The maximum atomic E-state index is 13.0. The van der Waals surface area contributed by atoms with Crippen LogP contribution in [0.2, 0.25) is 5.15 Å². The van der Waals surface area contributed by atoms with E-state index in [0.29, 0.717) is 5.69 Å². The van der Waals surface area contributed by atoms with Crippen molar-refractivity contribution in [3.8, 4) is 0 Å². The summed E-state index contributed by atoms with van der Waals surface area (Å²) in [5.74, 6) is -0.998. The molecule has 2 aromatic rings. The fourth-order valence-corrected chi connectivity index (χ4v) is 1.53. The lowest BCUT2D eigenvalue weighted by molar-refractivity contribution is 0.102. The summed E-state index contributed by atoms with van der Waals surface area (Å²) in [7, 11) is 0. The van der Waals surface area contributed by atoms with Crippen LogP contribution >= 0.6 is 11.6 Å².